The van der Waals surface area contributed by atoms with Crippen LogP contribution >= 0.6 is 15.5 Å². The van der Waals surface area contributed by atoms with Gasteiger partial charge in [0.05, 0.1) is 0 Å². The summed E-state index contributed by atoms with van der Waals surface area (Å²) in [6, 6.07) is 2.79. The second-order valence-corrected chi connectivity index (χ2v) is 7.30. The molecular formula is C9H13NO9P2. The van der Waals surface area contributed by atoms with Crippen LogP contribution < -0.4 is 0 Å². The number of carboxylic acids is 1. The Bertz CT molecular complexity index is 582. The molecule has 0 saturated carbocycles. The number of hydrogen-bond acceptors (Lipinski definition) is 4. The number of phenols is 1. The molecular weight excluding hydrogens is 328 g/mol. The molecule has 6 N–H and O–H groups in total. The maximum absolute atomic E-state index is 11.2. The van der Waals surface area contributed by atoms with Gasteiger partial charge in [-0.15, -0.1) is 0 Å². The van der Waals surface area contributed by atoms with Crippen LogP contribution in [-0.2, 0) is 20.3 Å². The monoisotopic (exact) mass is 341 g/mol. The van der Waals surface area contributed by atoms with E-state index in [-0.39, 0.29) is 11.3 Å². The van der Waals surface area contributed by atoms with Gasteiger partial charge in [-0.1, -0.05) is 16.6 Å². The van der Waals surface area contributed by atoms with Gasteiger partial charge in [-0.2, -0.15) is 0 Å². The van der Waals surface area contributed by atoms with E-state index >= 15 is 0 Å². The molecule has 0 saturated heterocycles. The third kappa shape index (κ3) is 4.90. The maximum Gasteiger partial charge on any atom is 0.413 e. The van der Waals surface area contributed by atoms with Crippen LogP contribution in [0.3, 0.4) is 0 Å². The maximum atomic E-state index is 11.2. The van der Waals surface area contributed by atoms with E-state index in [1.807, 2.05) is 0 Å². The number of aliphatic carboxylic acids is 1. The quantitative estimate of drug-likeness (QED) is 0.382. The molecule has 1 aromatic rings. The molecule has 1 unspecified atom stereocenters. The van der Waals surface area contributed by atoms with E-state index in [4.69, 9.17) is 29.8 Å². The van der Waals surface area contributed by atoms with E-state index in [9.17, 15) is 13.9 Å². The molecule has 0 spiro atoms. The van der Waals surface area contributed by atoms with Gasteiger partial charge >= 0.3 is 21.5 Å². The van der Waals surface area contributed by atoms with Crippen LogP contribution in [0, 0.1) is 0 Å². The number of nitrogens with zero attached hydrogens (tertiary/aromatic N) is 1. The highest BCUT2D eigenvalue weighted by Gasteiger charge is 2.48. The van der Waals surface area contributed by atoms with Gasteiger partial charge in [0.2, 0.25) is 0 Å². The molecule has 1 atom stereocenters. The lowest BCUT2D eigenvalue weighted by molar-refractivity contribution is -0.141. The largest absolute Gasteiger partial charge is 0.508 e. The second kappa shape index (κ2) is 6.25. The van der Waals surface area contributed by atoms with Gasteiger partial charge < -0.3 is 29.8 Å². The highest BCUT2D eigenvalue weighted by molar-refractivity contribution is 7.65. The lowest BCUT2D eigenvalue weighted by Crippen LogP contribution is -2.38. The molecule has 118 valence electrons. The van der Waals surface area contributed by atoms with Crippen molar-refractivity contribution in [3.8, 4) is 5.75 Å². The number of carbonyl (C=O) groups is 1. The van der Waals surface area contributed by atoms with Crippen LogP contribution in [0.2, 0.25) is 0 Å². The number of rotatable bonds is 6. The third-order valence-corrected chi connectivity index (χ3v) is 5.49. The van der Waals surface area contributed by atoms with E-state index in [0.29, 0.717) is 0 Å². The minimum absolute atomic E-state index is 0.118. The van der Waals surface area contributed by atoms with Crippen molar-refractivity contribution in [2.24, 2.45) is 0 Å². The molecule has 0 heterocycles. The normalized spacial score (nSPS) is 14.1. The molecule has 0 aliphatic carbocycles. The molecule has 0 aliphatic rings. The fraction of sp³-hybridized carbons (Fsp3) is 0.222. The van der Waals surface area contributed by atoms with Crippen LogP contribution in [-0.4, -0.2) is 46.2 Å². The summed E-state index contributed by atoms with van der Waals surface area (Å²) in [4.78, 5) is 47.1. The average molecular weight is 341 g/mol. The van der Waals surface area contributed by atoms with Crippen molar-refractivity contribution >= 4 is 21.5 Å². The summed E-state index contributed by atoms with van der Waals surface area (Å²) in [5.41, 5.74) is 0.215. The van der Waals surface area contributed by atoms with Crippen molar-refractivity contribution < 1.29 is 43.7 Å². The van der Waals surface area contributed by atoms with E-state index in [0.717, 1.165) is 0 Å². The molecule has 0 radical (unpaired) electrons. The molecule has 0 fully saturated rings. The summed E-state index contributed by atoms with van der Waals surface area (Å²) in [6.45, 7) is 0. The molecule has 0 amide bonds. The van der Waals surface area contributed by atoms with E-state index in [1.54, 1.807) is 0 Å². The van der Waals surface area contributed by atoms with Gasteiger partial charge in [-0.3, -0.25) is 4.79 Å². The van der Waals surface area contributed by atoms with Crippen molar-refractivity contribution in [1.29, 1.82) is 0 Å². The summed E-state index contributed by atoms with van der Waals surface area (Å²) in [5.74, 6) is -1.93. The predicted octanol–water partition coefficient (Wildman–Crippen LogP) is -0.125. The Hall–Kier alpha value is -1.25. The van der Waals surface area contributed by atoms with Crippen molar-refractivity contribution in [1.82, 2.24) is 4.44 Å². The Morgan fingerprint density at radius 1 is 1.05 bits per heavy atom. The number of carboxylic acid groups (broad SMARTS) is 1. The van der Waals surface area contributed by atoms with Crippen LogP contribution in [0.1, 0.15) is 5.56 Å². The lowest BCUT2D eigenvalue weighted by atomic mass is 10.1. The minimum Gasteiger partial charge on any atom is -0.508 e. The SMILES string of the molecule is O=C(O)C(Cc1ccc(O)cc1)N(P(=O)(O)O)P(=O)(O)O. The van der Waals surface area contributed by atoms with E-state index in [1.165, 1.54) is 24.3 Å². The summed E-state index contributed by atoms with van der Waals surface area (Å²) in [6.07, 6.45) is -0.578. The van der Waals surface area contributed by atoms with Crippen LogP contribution in [0.4, 0.5) is 0 Å². The highest BCUT2D eigenvalue weighted by Crippen LogP contribution is 2.59. The predicted molar refractivity (Wildman–Crippen MR) is 69.2 cm³/mol. The first-order valence-corrected chi connectivity index (χ1v) is 8.48. The Balaban J connectivity index is 3.21. The molecule has 12 heteroatoms. The molecule has 10 nitrogen and oxygen atoms in total. The fourth-order valence-electron chi connectivity index (χ4n) is 1.64. The summed E-state index contributed by atoms with van der Waals surface area (Å²) < 4.78 is 21.8. The highest BCUT2D eigenvalue weighted by atomic mass is 31.3. The molecule has 21 heavy (non-hydrogen) atoms. The third-order valence-electron chi connectivity index (χ3n) is 2.46. The van der Waals surface area contributed by atoms with Gasteiger partial charge in [0, 0.05) is 0 Å². The summed E-state index contributed by atoms with van der Waals surface area (Å²) in [5, 5.41) is 18.1. The Morgan fingerprint density at radius 3 is 1.81 bits per heavy atom. The molecule has 0 bridgehead atoms. The van der Waals surface area contributed by atoms with Crippen LogP contribution in [0.15, 0.2) is 24.3 Å². The van der Waals surface area contributed by atoms with E-state index in [2.05, 4.69) is 0 Å². The Labute approximate surface area is 118 Å². The first-order chi connectivity index (χ1) is 9.43. The summed E-state index contributed by atoms with van der Waals surface area (Å²) in [7, 11) is -11.0. The standard InChI is InChI=1S/C9H13NO9P2/c11-7-3-1-6(2-4-7)5-8(9(12)13)10(20(14,15)16)21(17,18)19/h1-4,8,11H,5H2,(H,12,13)(H2,14,15,16)(H2,17,18,19). The number of aromatic hydroxyl groups is 1. The minimum atomic E-state index is -5.51. The van der Waals surface area contributed by atoms with Crippen molar-refractivity contribution in [3.63, 3.8) is 0 Å². The Morgan fingerprint density at radius 2 is 1.48 bits per heavy atom. The molecule has 1 rings (SSSR count). The number of hydrogen-bond donors (Lipinski definition) is 6. The van der Waals surface area contributed by atoms with Crippen LogP contribution in [0.5, 0.6) is 5.75 Å². The van der Waals surface area contributed by atoms with Gasteiger partial charge in [-0.05, 0) is 24.1 Å². The second-order valence-electron chi connectivity index (χ2n) is 4.07. The zero-order valence-electron chi connectivity index (χ0n) is 10.3. The van der Waals surface area contributed by atoms with Crippen molar-refractivity contribution in [2.75, 3.05) is 0 Å². The first-order valence-electron chi connectivity index (χ1n) is 5.35. The molecule has 0 aliphatic heterocycles. The van der Waals surface area contributed by atoms with Crippen molar-refractivity contribution in [2.45, 2.75) is 12.5 Å². The first kappa shape index (κ1) is 17.8. The topological polar surface area (TPSA) is 176 Å². The lowest BCUT2D eigenvalue weighted by Gasteiger charge is -2.28. The molecule has 1 aromatic carbocycles. The smallest absolute Gasteiger partial charge is 0.413 e. The average Bonchev–Trinajstić information content (AvgIpc) is 2.27. The van der Waals surface area contributed by atoms with E-state index < -0.39 is 38.4 Å². The molecule has 0 aromatic heterocycles. The van der Waals surface area contributed by atoms with Crippen LogP contribution in [0.25, 0.3) is 0 Å². The number of phenolic OH excluding ortho intramolecular Hbond substituents is 1. The van der Waals surface area contributed by atoms with Gasteiger partial charge in [0.1, 0.15) is 11.8 Å². The zero-order chi connectivity index (χ0) is 16.4. The Kier molecular flexibility index (Phi) is 5.30. The van der Waals surface area contributed by atoms with Crippen molar-refractivity contribution in [3.05, 3.63) is 29.8 Å². The summed E-state index contributed by atoms with van der Waals surface area (Å²) >= 11 is 0. The van der Waals surface area contributed by atoms with Gasteiger partial charge in [-0.25, -0.2) is 9.13 Å². The van der Waals surface area contributed by atoms with Gasteiger partial charge in [0.25, 0.3) is 0 Å². The fourth-order valence-corrected chi connectivity index (χ4v) is 3.94. The number of benzene rings is 1. The van der Waals surface area contributed by atoms with Gasteiger partial charge in [0.15, 0.2) is 0 Å². The zero-order valence-corrected chi connectivity index (χ0v) is 12.1.